The van der Waals surface area contributed by atoms with Crippen LogP contribution in [0.1, 0.15) is 17.2 Å². The Morgan fingerprint density at radius 3 is 2.06 bits per heavy atom. The number of imide groups is 1. The van der Waals surface area contributed by atoms with E-state index < -0.39 is 36.2 Å². The second kappa shape index (κ2) is 8.49. The van der Waals surface area contributed by atoms with Crippen molar-refractivity contribution < 1.29 is 32.3 Å². The maximum absolute atomic E-state index is 13.4. The van der Waals surface area contributed by atoms with Gasteiger partial charge in [-0.1, -0.05) is 60.7 Å². The number of alkyl halides is 3. The predicted octanol–water partition coefficient (Wildman–Crippen LogP) is 4.63. The van der Waals surface area contributed by atoms with Gasteiger partial charge in [-0.05, 0) is 35.4 Å². The zero-order valence-electron chi connectivity index (χ0n) is 17.7. The fourth-order valence-electron chi connectivity index (χ4n) is 4.40. The van der Waals surface area contributed by atoms with Crippen molar-refractivity contribution >= 4 is 17.5 Å². The average Bonchev–Trinajstić information content (AvgIpc) is 3.32. The van der Waals surface area contributed by atoms with E-state index in [2.05, 4.69) is 4.74 Å². The van der Waals surface area contributed by atoms with E-state index in [-0.39, 0.29) is 12.3 Å². The highest BCUT2D eigenvalue weighted by atomic mass is 19.4. The number of nitrogens with zero attached hydrogens (tertiary/aromatic N) is 2. The largest absolute Gasteiger partial charge is 0.573 e. The van der Waals surface area contributed by atoms with Crippen LogP contribution >= 0.6 is 0 Å². The molecule has 3 atom stereocenters. The minimum atomic E-state index is -4.81. The Kier molecular flexibility index (Phi) is 5.49. The smallest absolute Gasteiger partial charge is 0.406 e. The van der Waals surface area contributed by atoms with Crippen LogP contribution in [0.2, 0.25) is 0 Å². The summed E-state index contributed by atoms with van der Waals surface area (Å²) < 4.78 is 41.7. The van der Waals surface area contributed by atoms with E-state index in [0.717, 1.165) is 5.56 Å². The number of carbonyl (C=O) groups is 2. The summed E-state index contributed by atoms with van der Waals surface area (Å²) in [6.45, 7) is 0.116. The third kappa shape index (κ3) is 4.10. The summed E-state index contributed by atoms with van der Waals surface area (Å²) >= 11 is 0. The molecule has 0 N–H and O–H groups in total. The topological polar surface area (TPSA) is 59.1 Å². The van der Waals surface area contributed by atoms with Crippen LogP contribution in [-0.4, -0.2) is 29.2 Å². The first kappa shape index (κ1) is 22.0. The zero-order chi connectivity index (χ0) is 23.9. The summed E-state index contributed by atoms with van der Waals surface area (Å²) in [4.78, 5) is 33.8. The molecule has 0 unspecified atom stereocenters. The minimum Gasteiger partial charge on any atom is -0.406 e. The second-order valence-corrected chi connectivity index (χ2v) is 8.02. The molecule has 0 aromatic heterocycles. The number of likely N-dealkylation sites (tertiary alicyclic amines) is 1. The van der Waals surface area contributed by atoms with Gasteiger partial charge in [0.1, 0.15) is 11.7 Å². The number of rotatable bonds is 5. The van der Waals surface area contributed by atoms with Crippen molar-refractivity contribution in [3.63, 3.8) is 0 Å². The van der Waals surface area contributed by atoms with E-state index in [0.29, 0.717) is 11.3 Å². The van der Waals surface area contributed by atoms with Gasteiger partial charge in [-0.3, -0.25) is 19.3 Å². The third-order valence-corrected chi connectivity index (χ3v) is 5.86. The summed E-state index contributed by atoms with van der Waals surface area (Å²) in [5.74, 6) is -2.07. The number of para-hydroxylation sites is 1. The van der Waals surface area contributed by atoms with Crippen LogP contribution in [0.5, 0.6) is 5.75 Å². The van der Waals surface area contributed by atoms with E-state index >= 15 is 0 Å². The zero-order valence-corrected chi connectivity index (χ0v) is 17.7. The molecule has 34 heavy (non-hydrogen) atoms. The third-order valence-electron chi connectivity index (χ3n) is 5.86. The fraction of sp³-hybridized carbons (Fsp3) is 0.200. The molecule has 2 heterocycles. The number of hydrogen-bond acceptors (Lipinski definition) is 5. The molecule has 0 bridgehead atoms. The standard InChI is InChI=1S/C25H19F3N2O4/c26-25(27,28)33-19-13-11-17(12-14-19)21-20-22(34-30(21)18-9-5-2-6-10-18)24(32)29(23(20)31)15-16-7-3-1-4-8-16/h1-14,20-22H,15H2/t20-,21-,22-/m0/s1. The van der Waals surface area contributed by atoms with Crippen LogP contribution in [0.15, 0.2) is 84.9 Å². The quantitative estimate of drug-likeness (QED) is 0.511. The van der Waals surface area contributed by atoms with E-state index in [1.165, 1.54) is 34.2 Å². The molecule has 2 fully saturated rings. The van der Waals surface area contributed by atoms with E-state index in [1.807, 2.05) is 36.4 Å². The molecule has 0 radical (unpaired) electrons. The molecule has 3 aromatic rings. The molecule has 9 heteroatoms. The van der Waals surface area contributed by atoms with E-state index in [4.69, 9.17) is 4.84 Å². The molecule has 5 rings (SSSR count). The molecule has 0 spiro atoms. The fourth-order valence-corrected chi connectivity index (χ4v) is 4.40. The first-order valence-corrected chi connectivity index (χ1v) is 10.6. The summed E-state index contributed by atoms with van der Waals surface area (Å²) in [6, 6.07) is 22.6. The van der Waals surface area contributed by atoms with Crippen LogP contribution in [0, 0.1) is 5.92 Å². The molecular weight excluding hydrogens is 449 g/mol. The summed E-state index contributed by atoms with van der Waals surface area (Å²) in [6.07, 6.45) is -5.85. The van der Waals surface area contributed by atoms with Crippen molar-refractivity contribution in [2.45, 2.75) is 25.1 Å². The van der Waals surface area contributed by atoms with Crippen LogP contribution in [-0.2, 0) is 21.0 Å². The maximum atomic E-state index is 13.4. The first-order chi connectivity index (χ1) is 16.3. The summed E-state index contributed by atoms with van der Waals surface area (Å²) in [5, 5.41) is 1.49. The van der Waals surface area contributed by atoms with Crippen LogP contribution < -0.4 is 9.80 Å². The number of hydroxylamine groups is 1. The van der Waals surface area contributed by atoms with Gasteiger partial charge >= 0.3 is 6.36 Å². The van der Waals surface area contributed by atoms with Gasteiger partial charge in [0.05, 0.1) is 18.3 Å². The lowest BCUT2D eigenvalue weighted by molar-refractivity contribution is -0.274. The molecule has 6 nitrogen and oxygen atoms in total. The molecule has 0 saturated carbocycles. The van der Waals surface area contributed by atoms with Gasteiger partial charge in [0, 0.05) is 0 Å². The van der Waals surface area contributed by atoms with Gasteiger partial charge < -0.3 is 4.74 Å². The molecule has 0 aliphatic carbocycles. The Labute approximate surface area is 193 Å². The van der Waals surface area contributed by atoms with Crippen molar-refractivity contribution in [2.75, 3.05) is 5.06 Å². The average molecular weight is 468 g/mol. The normalized spacial score (nSPS) is 22.3. The maximum Gasteiger partial charge on any atom is 0.573 e. The van der Waals surface area contributed by atoms with Crippen molar-refractivity contribution in [2.24, 2.45) is 5.92 Å². The highest BCUT2D eigenvalue weighted by Gasteiger charge is 2.59. The van der Waals surface area contributed by atoms with Gasteiger partial charge in [0.15, 0.2) is 6.10 Å². The Morgan fingerprint density at radius 2 is 1.44 bits per heavy atom. The number of amides is 2. The van der Waals surface area contributed by atoms with Gasteiger partial charge in [-0.15, -0.1) is 13.2 Å². The highest BCUT2D eigenvalue weighted by Crippen LogP contribution is 2.47. The minimum absolute atomic E-state index is 0.116. The lowest BCUT2D eigenvalue weighted by atomic mass is 9.90. The highest BCUT2D eigenvalue weighted by molar-refractivity contribution is 6.07. The Hall–Kier alpha value is -3.85. The van der Waals surface area contributed by atoms with Gasteiger partial charge in [-0.2, -0.15) is 0 Å². The monoisotopic (exact) mass is 468 g/mol. The molecular formula is C25H19F3N2O4. The molecule has 2 aliphatic heterocycles. The predicted molar refractivity (Wildman–Crippen MR) is 115 cm³/mol. The lowest BCUT2D eigenvalue weighted by Gasteiger charge is -2.29. The van der Waals surface area contributed by atoms with Crippen LogP contribution in [0.3, 0.4) is 0 Å². The number of fused-ring (bicyclic) bond motifs is 1. The lowest BCUT2D eigenvalue weighted by Crippen LogP contribution is -2.36. The number of ether oxygens (including phenoxy) is 1. The second-order valence-electron chi connectivity index (χ2n) is 8.02. The number of anilines is 1. The van der Waals surface area contributed by atoms with Crippen molar-refractivity contribution in [1.82, 2.24) is 4.90 Å². The molecule has 2 amide bonds. The van der Waals surface area contributed by atoms with Crippen LogP contribution in [0.25, 0.3) is 0 Å². The Balaban J connectivity index is 1.49. The van der Waals surface area contributed by atoms with Crippen LogP contribution in [0.4, 0.5) is 18.9 Å². The van der Waals surface area contributed by atoms with Gasteiger partial charge in [-0.25, -0.2) is 5.06 Å². The van der Waals surface area contributed by atoms with Crippen molar-refractivity contribution in [3.05, 3.63) is 96.1 Å². The molecule has 3 aromatic carbocycles. The van der Waals surface area contributed by atoms with E-state index in [9.17, 15) is 22.8 Å². The number of benzene rings is 3. The summed E-state index contributed by atoms with van der Waals surface area (Å²) in [5.41, 5.74) is 1.94. The molecule has 174 valence electrons. The Morgan fingerprint density at radius 1 is 0.824 bits per heavy atom. The van der Waals surface area contributed by atoms with E-state index in [1.54, 1.807) is 24.3 Å². The summed E-state index contributed by atoms with van der Waals surface area (Å²) in [7, 11) is 0. The first-order valence-electron chi connectivity index (χ1n) is 10.6. The molecule has 2 aliphatic rings. The van der Waals surface area contributed by atoms with Crippen molar-refractivity contribution in [1.29, 1.82) is 0 Å². The number of carbonyl (C=O) groups excluding carboxylic acids is 2. The number of halogens is 3. The Bertz CT molecular complexity index is 1190. The number of hydrogen-bond donors (Lipinski definition) is 0. The SMILES string of the molecule is O=C1[C@@H]2[C@H](ON(c3ccccc3)[C@H]2c2ccc(OC(F)(F)F)cc2)C(=O)N1Cc1ccccc1. The van der Waals surface area contributed by atoms with Gasteiger partial charge in [0.2, 0.25) is 5.91 Å². The van der Waals surface area contributed by atoms with Gasteiger partial charge in [0.25, 0.3) is 5.91 Å². The molecule has 2 saturated heterocycles. The van der Waals surface area contributed by atoms with Crippen molar-refractivity contribution in [3.8, 4) is 5.75 Å².